The summed E-state index contributed by atoms with van der Waals surface area (Å²) in [6.45, 7) is 2.34. The van der Waals surface area contributed by atoms with Crippen molar-refractivity contribution in [1.82, 2.24) is 24.8 Å². The summed E-state index contributed by atoms with van der Waals surface area (Å²) >= 11 is 0. The zero-order chi connectivity index (χ0) is 16.8. The van der Waals surface area contributed by atoms with Crippen LogP contribution in [-0.2, 0) is 17.8 Å². The molecule has 0 spiro atoms. The average Bonchev–Trinajstić information content (AvgIpc) is 3.12. The number of rotatable bonds is 6. The van der Waals surface area contributed by atoms with Crippen molar-refractivity contribution >= 4 is 5.91 Å². The van der Waals surface area contributed by atoms with Crippen molar-refractivity contribution in [1.29, 1.82) is 0 Å². The van der Waals surface area contributed by atoms with Crippen LogP contribution in [0.5, 0.6) is 0 Å². The quantitative estimate of drug-likeness (QED) is 0.806. The second-order valence-corrected chi connectivity index (χ2v) is 6.22. The molecule has 2 aromatic rings. The van der Waals surface area contributed by atoms with Gasteiger partial charge in [-0.2, -0.15) is 0 Å². The van der Waals surface area contributed by atoms with Crippen molar-refractivity contribution in [2.24, 2.45) is 0 Å². The van der Waals surface area contributed by atoms with Crippen LogP contribution >= 0.6 is 0 Å². The van der Waals surface area contributed by atoms with Gasteiger partial charge in [-0.15, -0.1) is 0 Å². The molecule has 3 heterocycles. The Hall–Kier alpha value is -2.34. The molecule has 1 saturated heterocycles. The molecule has 1 fully saturated rings. The summed E-state index contributed by atoms with van der Waals surface area (Å²) in [5.41, 5.74) is 1.16. The minimum atomic E-state index is 0.235. The highest BCUT2D eigenvalue weighted by molar-refractivity contribution is 5.76. The first-order valence-electron chi connectivity index (χ1n) is 8.35. The number of hydrogen-bond acceptors (Lipinski definition) is 5. The number of likely N-dealkylation sites (N-methyl/N-ethyl adjacent to an activating group) is 1. The number of carbonyl (C=O) groups is 1. The molecular weight excluding hydrogens is 302 g/mol. The summed E-state index contributed by atoms with van der Waals surface area (Å²) in [6, 6.07) is 6.13. The van der Waals surface area contributed by atoms with Crippen LogP contribution in [0.4, 0.5) is 0 Å². The van der Waals surface area contributed by atoms with E-state index in [2.05, 4.69) is 26.9 Å². The van der Waals surface area contributed by atoms with E-state index in [9.17, 15) is 4.79 Å². The Balaban J connectivity index is 1.46. The largest absolute Gasteiger partial charge is 0.341 e. The van der Waals surface area contributed by atoms with Gasteiger partial charge in [0.1, 0.15) is 5.82 Å². The molecule has 0 unspecified atom stereocenters. The maximum atomic E-state index is 12.4. The molecule has 0 aliphatic carbocycles. The summed E-state index contributed by atoms with van der Waals surface area (Å²) in [6.07, 6.45) is 9.40. The Morgan fingerprint density at radius 3 is 2.75 bits per heavy atom. The van der Waals surface area contributed by atoms with Crippen molar-refractivity contribution in [3.05, 3.63) is 54.4 Å². The highest BCUT2D eigenvalue weighted by atomic mass is 16.2. The van der Waals surface area contributed by atoms with Crippen LogP contribution < -0.4 is 0 Å². The summed E-state index contributed by atoms with van der Waals surface area (Å²) in [5, 5.41) is 0. The lowest BCUT2D eigenvalue weighted by Crippen LogP contribution is -2.36. The topological polar surface area (TPSA) is 62.2 Å². The number of amides is 1. The van der Waals surface area contributed by atoms with Crippen molar-refractivity contribution in [2.45, 2.75) is 31.8 Å². The number of aryl methyl sites for hydroxylation is 1. The highest BCUT2D eigenvalue weighted by Gasteiger charge is 2.28. The molecule has 0 saturated carbocycles. The molecule has 0 radical (unpaired) electrons. The summed E-state index contributed by atoms with van der Waals surface area (Å²) < 4.78 is 0. The number of pyridine rings is 1. The molecule has 0 N–H and O–H groups in total. The van der Waals surface area contributed by atoms with Crippen molar-refractivity contribution < 1.29 is 4.79 Å². The minimum Gasteiger partial charge on any atom is -0.341 e. The second-order valence-electron chi connectivity index (χ2n) is 6.22. The van der Waals surface area contributed by atoms with Crippen LogP contribution in [0.3, 0.4) is 0 Å². The SMILES string of the molecule is CN(Cc1ncccn1)[C@@H]1CCN(C(=O)CCc2ccncc2)C1. The molecule has 0 bridgehead atoms. The third-order valence-corrected chi connectivity index (χ3v) is 4.53. The van der Waals surface area contributed by atoms with Gasteiger partial charge in [0.25, 0.3) is 0 Å². The first-order chi connectivity index (χ1) is 11.7. The van der Waals surface area contributed by atoms with Crippen molar-refractivity contribution in [3.63, 3.8) is 0 Å². The molecular formula is C18H23N5O. The van der Waals surface area contributed by atoms with E-state index < -0.39 is 0 Å². The van der Waals surface area contributed by atoms with Crippen LogP contribution in [0.25, 0.3) is 0 Å². The standard InChI is InChI=1S/C18H23N5O/c1-22(14-17-20-8-2-9-21-17)16-7-12-23(13-16)18(24)4-3-15-5-10-19-11-6-15/h2,5-6,8-11,16H,3-4,7,12-14H2,1H3/t16-/m1/s1. The Morgan fingerprint density at radius 2 is 2.00 bits per heavy atom. The van der Waals surface area contributed by atoms with E-state index in [1.165, 1.54) is 0 Å². The summed E-state index contributed by atoms with van der Waals surface area (Å²) in [5.74, 6) is 1.06. The molecule has 6 heteroatoms. The van der Waals surface area contributed by atoms with Gasteiger partial charge in [0.05, 0.1) is 6.54 Å². The van der Waals surface area contributed by atoms with E-state index in [0.29, 0.717) is 19.0 Å². The minimum absolute atomic E-state index is 0.235. The van der Waals surface area contributed by atoms with E-state index in [-0.39, 0.29) is 5.91 Å². The normalized spacial score (nSPS) is 17.4. The van der Waals surface area contributed by atoms with Crippen molar-refractivity contribution in [2.75, 3.05) is 20.1 Å². The van der Waals surface area contributed by atoms with Gasteiger partial charge in [-0.3, -0.25) is 14.7 Å². The number of likely N-dealkylation sites (tertiary alicyclic amines) is 1. The fourth-order valence-electron chi connectivity index (χ4n) is 3.05. The van der Waals surface area contributed by atoms with E-state index in [1.54, 1.807) is 24.8 Å². The van der Waals surface area contributed by atoms with Gasteiger partial charge in [-0.05, 0) is 43.7 Å². The molecule has 1 aliphatic rings. The molecule has 0 aromatic carbocycles. The van der Waals surface area contributed by atoms with Crippen LogP contribution in [0.2, 0.25) is 0 Å². The van der Waals surface area contributed by atoms with Crippen LogP contribution in [-0.4, -0.2) is 56.8 Å². The fraction of sp³-hybridized carbons (Fsp3) is 0.444. The van der Waals surface area contributed by atoms with Gasteiger partial charge in [0.15, 0.2) is 0 Å². The Bertz CT molecular complexity index is 649. The molecule has 3 rings (SSSR count). The van der Waals surface area contributed by atoms with E-state index in [1.807, 2.05) is 23.1 Å². The summed E-state index contributed by atoms with van der Waals surface area (Å²) in [4.78, 5) is 29.2. The molecule has 6 nitrogen and oxygen atoms in total. The Labute approximate surface area is 142 Å². The maximum Gasteiger partial charge on any atom is 0.222 e. The number of hydrogen-bond donors (Lipinski definition) is 0. The van der Waals surface area contributed by atoms with Crippen LogP contribution in [0.1, 0.15) is 24.2 Å². The lowest BCUT2D eigenvalue weighted by Gasteiger charge is -2.24. The zero-order valence-corrected chi connectivity index (χ0v) is 14.0. The average molecular weight is 325 g/mol. The Kier molecular flexibility index (Phi) is 5.48. The fourth-order valence-corrected chi connectivity index (χ4v) is 3.05. The number of aromatic nitrogens is 3. The molecule has 2 aromatic heterocycles. The van der Waals surface area contributed by atoms with Crippen LogP contribution in [0, 0.1) is 0 Å². The lowest BCUT2D eigenvalue weighted by molar-refractivity contribution is -0.130. The van der Waals surface area contributed by atoms with E-state index in [0.717, 1.165) is 37.3 Å². The third kappa shape index (κ3) is 4.35. The van der Waals surface area contributed by atoms with E-state index >= 15 is 0 Å². The van der Waals surface area contributed by atoms with Gasteiger partial charge >= 0.3 is 0 Å². The Morgan fingerprint density at radius 1 is 1.25 bits per heavy atom. The van der Waals surface area contributed by atoms with Crippen molar-refractivity contribution in [3.8, 4) is 0 Å². The zero-order valence-electron chi connectivity index (χ0n) is 14.0. The number of carbonyl (C=O) groups excluding carboxylic acids is 1. The molecule has 126 valence electrons. The number of nitrogens with zero attached hydrogens (tertiary/aromatic N) is 5. The molecule has 1 amide bonds. The van der Waals surface area contributed by atoms with Gasteiger partial charge < -0.3 is 4.90 Å². The second kappa shape index (κ2) is 7.97. The molecule has 24 heavy (non-hydrogen) atoms. The first kappa shape index (κ1) is 16.5. The van der Waals surface area contributed by atoms with Gasteiger partial charge in [0, 0.05) is 50.3 Å². The van der Waals surface area contributed by atoms with E-state index in [4.69, 9.17) is 0 Å². The predicted molar refractivity (Wildman–Crippen MR) is 91.0 cm³/mol. The highest BCUT2D eigenvalue weighted by Crippen LogP contribution is 2.17. The third-order valence-electron chi connectivity index (χ3n) is 4.53. The molecule has 1 aliphatic heterocycles. The predicted octanol–water partition coefficient (Wildman–Crippen LogP) is 1.54. The van der Waals surface area contributed by atoms with Gasteiger partial charge in [-0.1, -0.05) is 0 Å². The summed E-state index contributed by atoms with van der Waals surface area (Å²) in [7, 11) is 2.08. The maximum absolute atomic E-state index is 12.4. The molecule has 1 atom stereocenters. The lowest BCUT2D eigenvalue weighted by atomic mass is 10.1. The van der Waals surface area contributed by atoms with Gasteiger partial charge in [0.2, 0.25) is 5.91 Å². The van der Waals surface area contributed by atoms with Gasteiger partial charge in [-0.25, -0.2) is 9.97 Å². The smallest absolute Gasteiger partial charge is 0.222 e. The first-order valence-corrected chi connectivity index (χ1v) is 8.35. The van der Waals surface area contributed by atoms with Crippen LogP contribution in [0.15, 0.2) is 43.0 Å². The monoisotopic (exact) mass is 325 g/mol.